The molecule has 0 bridgehead atoms. The van der Waals surface area contributed by atoms with Gasteiger partial charge in [-0.2, -0.15) is 0 Å². The summed E-state index contributed by atoms with van der Waals surface area (Å²) in [5, 5.41) is 9.50. The monoisotopic (exact) mass is 326 g/mol. The van der Waals surface area contributed by atoms with E-state index in [4.69, 9.17) is 4.74 Å². The Bertz CT molecular complexity index is 709. The fraction of sp³-hybridized carbons (Fsp3) is 0.381. The molecule has 24 heavy (non-hydrogen) atoms. The third kappa shape index (κ3) is 4.60. The van der Waals surface area contributed by atoms with E-state index in [1.54, 1.807) is 0 Å². The van der Waals surface area contributed by atoms with Crippen molar-refractivity contribution in [2.24, 2.45) is 0 Å². The number of hydrogen-bond donors (Lipinski definition) is 1. The summed E-state index contributed by atoms with van der Waals surface area (Å²) in [6, 6.07) is 13.7. The molecular formula is C21H26O3. The van der Waals surface area contributed by atoms with Crippen molar-refractivity contribution in [1.29, 1.82) is 0 Å². The number of hydrogen-bond acceptors (Lipinski definition) is 2. The highest BCUT2D eigenvalue weighted by molar-refractivity contribution is 5.73. The van der Waals surface area contributed by atoms with E-state index in [1.165, 1.54) is 11.1 Å². The third-order valence-corrected chi connectivity index (χ3v) is 4.18. The van der Waals surface area contributed by atoms with Gasteiger partial charge in [-0.25, -0.2) is 4.79 Å². The maximum atomic E-state index is 11.6. The number of aliphatic carboxylic acids is 1. The van der Waals surface area contributed by atoms with E-state index in [-0.39, 0.29) is 5.41 Å². The number of ether oxygens (including phenoxy) is 1. The van der Waals surface area contributed by atoms with Gasteiger partial charge >= 0.3 is 5.97 Å². The van der Waals surface area contributed by atoms with Crippen molar-refractivity contribution in [3.8, 4) is 5.75 Å². The third-order valence-electron chi connectivity index (χ3n) is 4.18. The van der Waals surface area contributed by atoms with Crippen molar-refractivity contribution < 1.29 is 14.6 Å². The molecule has 0 aliphatic carbocycles. The van der Waals surface area contributed by atoms with E-state index in [0.29, 0.717) is 12.2 Å². The first-order valence-electron chi connectivity index (χ1n) is 8.23. The van der Waals surface area contributed by atoms with Gasteiger partial charge in [0.15, 0.2) is 6.10 Å². The molecule has 2 rings (SSSR count). The topological polar surface area (TPSA) is 46.5 Å². The Kier molecular flexibility index (Phi) is 5.33. The van der Waals surface area contributed by atoms with Crippen LogP contribution in [0.2, 0.25) is 0 Å². The average molecular weight is 326 g/mol. The molecule has 0 fully saturated rings. The molecule has 0 unspecified atom stereocenters. The molecule has 0 saturated carbocycles. The summed E-state index contributed by atoms with van der Waals surface area (Å²) in [4.78, 5) is 11.6. The molecule has 2 aromatic carbocycles. The van der Waals surface area contributed by atoms with E-state index >= 15 is 0 Å². The van der Waals surface area contributed by atoms with Gasteiger partial charge in [0.2, 0.25) is 0 Å². The maximum absolute atomic E-state index is 11.6. The standard InChI is InChI=1S/C21H26O3/c1-14-6-7-16(15(2)12-14)13-19(20(22)23)24-18-10-8-17(9-11-18)21(3,4)5/h6-12,19H,13H2,1-5H3,(H,22,23)/t19-/m0/s1. The van der Waals surface area contributed by atoms with Crippen LogP contribution in [-0.4, -0.2) is 17.2 Å². The zero-order chi connectivity index (χ0) is 17.9. The molecular weight excluding hydrogens is 300 g/mol. The predicted octanol–water partition coefficient (Wildman–Crippen LogP) is 4.68. The zero-order valence-corrected chi connectivity index (χ0v) is 15.1. The van der Waals surface area contributed by atoms with E-state index in [9.17, 15) is 9.90 Å². The molecule has 0 heterocycles. The number of carboxylic acids is 1. The van der Waals surface area contributed by atoms with Gasteiger partial charge in [0.05, 0.1) is 0 Å². The second-order valence-corrected chi connectivity index (χ2v) is 7.35. The number of benzene rings is 2. The summed E-state index contributed by atoms with van der Waals surface area (Å²) in [5.41, 5.74) is 4.51. The van der Waals surface area contributed by atoms with Crippen LogP contribution in [0.15, 0.2) is 42.5 Å². The van der Waals surface area contributed by atoms with Crippen LogP contribution in [0.5, 0.6) is 5.75 Å². The van der Waals surface area contributed by atoms with Gasteiger partial charge < -0.3 is 9.84 Å². The lowest BCUT2D eigenvalue weighted by molar-refractivity contribution is -0.145. The Morgan fingerprint density at radius 2 is 1.71 bits per heavy atom. The average Bonchev–Trinajstić information content (AvgIpc) is 2.48. The fourth-order valence-electron chi connectivity index (χ4n) is 2.65. The molecule has 0 spiro atoms. The van der Waals surface area contributed by atoms with Gasteiger partial charge in [-0.05, 0) is 48.1 Å². The first-order valence-corrected chi connectivity index (χ1v) is 8.23. The SMILES string of the molecule is Cc1ccc(C[C@H](Oc2ccc(C(C)(C)C)cc2)C(=O)O)c(C)c1. The van der Waals surface area contributed by atoms with Gasteiger partial charge in [0, 0.05) is 6.42 Å². The normalized spacial score (nSPS) is 12.7. The van der Waals surface area contributed by atoms with E-state index in [2.05, 4.69) is 26.8 Å². The van der Waals surface area contributed by atoms with E-state index in [0.717, 1.165) is 11.1 Å². The molecule has 0 radical (unpaired) electrons. The number of rotatable bonds is 5. The van der Waals surface area contributed by atoms with Crippen molar-refractivity contribution in [2.45, 2.75) is 52.6 Å². The molecule has 2 aromatic rings. The quantitative estimate of drug-likeness (QED) is 0.868. The molecule has 0 aliphatic rings. The predicted molar refractivity (Wildman–Crippen MR) is 96.8 cm³/mol. The van der Waals surface area contributed by atoms with Crippen LogP contribution < -0.4 is 4.74 Å². The molecule has 1 N–H and O–H groups in total. The van der Waals surface area contributed by atoms with Crippen LogP contribution in [0, 0.1) is 13.8 Å². The van der Waals surface area contributed by atoms with Crippen molar-refractivity contribution in [3.05, 3.63) is 64.7 Å². The molecule has 3 nitrogen and oxygen atoms in total. The molecule has 128 valence electrons. The van der Waals surface area contributed by atoms with Gasteiger partial charge in [0.1, 0.15) is 5.75 Å². The molecule has 0 saturated heterocycles. The number of aryl methyl sites for hydroxylation is 2. The van der Waals surface area contributed by atoms with Crippen LogP contribution in [0.4, 0.5) is 0 Å². The minimum absolute atomic E-state index is 0.0593. The highest BCUT2D eigenvalue weighted by Crippen LogP contribution is 2.25. The Morgan fingerprint density at radius 3 is 2.21 bits per heavy atom. The Morgan fingerprint density at radius 1 is 1.08 bits per heavy atom. The minimum Gasteiger partial charge on any atom is -0.478 e. The van der Waals surface area contributed by atoms with Gasteiger partial charge in [-0.3, -0.25) is 0 Å². The van der Waals surface area contributed by atoms with Gasteiger partial charge in [-0.1, -0.05) is 56.7 Å². The van der Waals surface area contributed by atoms with Crippen molar-refractivity contribution >= 4 is 5.97 Å². The zero-order valence-electron chi connectivity index (χ0n) is 15.1. The first-order chi connectivity index (χ1) is 11.2. The fourth-order valence-corrected chi connectivity index (χ4v) is 2.65. The van der Waals surface area contributed by atoms with Crippen LogP contribution in [-0.2, 0) is 16.6 Å². The van der Waals surface area contributed by atoms with E-state index < -0.39 is 12.1 Å². The summed E-state index contributed by atoms with van der Waals surface area (Å²) in [5.74, 6) is -0.366. The van der Waals surface area contributed by atoms with Gasteiger partial charge in [0.25, 0.3) is 0 Å². The Labute approximate surface area is 144 Å². The summed E-state index contributed by atoms with van der Waals surface area (Å²) < 4.78 is 5.73. The summed E-state index contributed by atoms with van der Waals surface area (Å²) in [7, 11) is 0. The molecule has 0 aliphatic heterocycles. The maximum Gasteiger partial charge on any atom is 0.345 e. The van der Waals surface area contributed by atoms with Crippen molar-refractivity contribution in [1.82, 2.24) is 0 Å². The molecule has 0 aromatic heterocycles. The highest BCUT2D eigenvalue weighted by Gasteiger charge is 2.21. The lowest BCUT2D eigenvalue weighted by Gasteiger charge is -2.20. The van der Waals surface area contributed by atoms with E-state index in [1.807, 2.05) is 50.2 Å². The molecule has 3 heteroatoms. The Balaban J connectivity index is 2.15. The van der Waals surface area contributed by atoms with Crippen molar-refractivity contribution in [2.75, 3.05) is 0 Å². The Hall–Kier alpha value is -2.29. The van der Waals surface area contributed by atoms with Crippen LogP contribution in [0.25, 0.3) is 0 Å². The van der Waals surface area contributed by atoms with Crippen molar-refractivity contribution in [3.63, 3.8) is 0 Å². The number of carbonyl (C=O) groups is 1. The lowest BCUT2D eigenvalue weighted by Crippen LogP contribution is -2.29. The smallest absolute Gasteiger partial charge is 0.345 e. The van der Waals surface area contributed by atoms with Crippen LogP contribution >= 0.6 is 0 Å². The van der Waals surface area contributed by atoms with Crippen LogP contribution in [0.1, 0.15) is 43.0 Å². The lowest BCUT2D eigenvalue weighted by atomic mass is 9.87. The summed E-state index contributed by atoms with van der Waals surface area (Å²) in [6.07, 6.45) is -0.547. The number of carboxylic acid groups (broad SMARTS) is 1. The second kappa shape index (κ2) is 7.08. The van der Waals surface area contributed by atoms with Gasteiger partial charge in [-0.15, -0.1) is 0 Å². The molecule has 0 amide bonds. The largest absolute Gasteiger partial charge is 0.478 e. The minimum atomic E-state index is -0.949. The summed E-state index contributed by atoms with van der Waals surface area (Å²) >= 11 is 0. The first kappa shape index (κ1) is 18.1. The molecule has 1 atom stereocenters. The highest BCUT2D eigenvalue weighted by atomic mass is 16.5. The van der Waals surface area contributed by atoms with Crippen LogP contribution in [0.3, 0.4) is 0 Å². The summed E-state index contributed by atoms with van der Waals surface area (Å²) in [6.45, 7) is 10.5. The second-order valence-electron chi connectivity index (χ2n) is 7.35.